The first-order valence-electron chi connectivity index (χ1n) is 14.2. The van der Waals surface area contributed by atoms with Gasteiger partial charge in [0.2, 0.25) is 5.88 Å². The highest BCUT2D eigenvalue weighted by molar-refractivity contribution is 6.07. The zero-order valence-electron chi connectivity index (χ0n) is 25.1. The van der Waals surface area contributed by atoms with Crippen LogP contribution in [0.5, 0.6) is 17.4 Å². The van der Waals surface area contributed by atoms with E-state index in [2.05, 4.69) is 20.2 Å². The van der Waals surface area contributed by atoms with Crippen molar-refractivity contribution in [2.75, 3.05) is 59.4 Å². The van der Waals surface area contributed by atoms with Crippen molar-refractivity contribution < 1.29 is 32.2 Å². The van der Waals surface area contributed by atoms with Crippen LogP contribution in [0.15, 0.2) is 48.7 Å². The van der Waals surface area contributed by atoms with Crippen LogP contribution in [-0.4, -0.2) is 84.3 Å². The quantitative estimate of drug-likeness (QED) is 0.268. The fourth-order valence-electron chi connectivity index (χ4n) is 5.26. The minimum absolute atomic E-state index is 0.0727. The van der Waals surface area contributed by atoms with Gasteiger partial charge in [0.1, 0.15) is 17.3 Å². The van der Waals surface area contributed by atoms with E-state index in [9.17, 15) is 18.0 Å². The van der Waals surface area contributed by atoms with Gasteiger partial charge in [0.25, 0.3) is 5.91 Å². The van der Waals surface area contributed by atoms with Gasteiger partial charge in [0, 0.05) is 62.9 Å². The average molecular weight is 613 g/mol. The molecular weight excluding hydrogens is 577 g/mol. The molecule has 5 rings (SSSR count). The maximum absolute atomic E-state index is 13.8. The standard InChI is InChI=1S/C31H35F3N6O4/c1-38(2)19-21-16-22(31(32,33)34)18-23(29(21)42-4)36-30(41)24-17-20-6-5-7-25(28(20)39(24)3)44-27-8-10-35-26(37-27)9-11-40-12-14-43-15-13-40/h5-8,10,16-18H,9,11-15,19H2,1-4H3,(H,36,41). The van der Waals surface area contributed by atoms with Crippen LogP contribution in [0.25, 0.3) is 10.9 Å². The van der Waals surface area contributed by atoms with E-state index < -0.39 is 17.6 Å². The third kappa shape index (κ3) is 7.12. The van der Waals surface area contributed by atoms with E-state index in [1.165, 1.54) is 7.11 Å². The van der Waals surface area contributed by atoms with E-state index >= 15 is 0 Å². The molecule has 10 nitrogen and oxygen atoms in total. The SMILES string of the molecule is COc1c(CN(C)C)cc(C(F)(F)F)cc1NC(=O)c1cc2cccc(Oc3ccnc(CCN4CCOCC4)n3)c2n1C. The Labute approximate surface area is 253 Å². The number of anilines is 1. The summed E-state index contributed by atoms with van der Waals surface area (Å²) in [5.41, 5.74) is 0.183. The number of carbonyl (C=O) groups is 1. The first kappa shape index (κ1) is 31.2. The van der Waals surface area contributed by atoms with Crippen molar-refractivity contribution in [1.82, 2.24) is 24.3 Å². The Kier molecular flexibility index (Phi) is 9.37. The number of rotatable bonds is 10. The molecule has 2 aromatic carbocycles. The van der Waals surface area contributed by atoms with E-state index in [4.69, 9.17) is 14.2 Å². The van der Waals surface area contributed by atoms with Gasteiger partial charge in [-0.3, -0.25) is 9.69 Å². The summed E-state index contributed by atoms with van der Waals surface area (Å²) in [7, 11) is 6.53. The lowest BCUT2D eigenvalue weighted by Crippen LogP contribution is -2.37. The lowest BCUT2D eigenvalue weighted by atomic mass is 10.1. The normalized spacial score (nSPS) is 14.3. The minimum Gasteiger partial charge on any atom is -0.494 e. The van der Waals surface area contributed by atoms with E-state index in [-0.39, 0.29) is 23.7 Å². The molecule has 1 N–H and O–H groups in total. The van der Waals surface area contributed by atoms with Crippen molar-refractivity contribution in [3.8, 4) is 17.4 Å². The number of methoxy groups -OCH3 is 1. The van der Waals surface area contributed by atoms with E-state index in [1.54, 1.807) is 61.1 Å². The molecule has 0 unspecified atom stereocenters. The van der Waals surface area contributed by atoms with Gasteiger partial charge in [0.15, 0.2) is 5.75 Å². The smallest absolute Gasteiger partial charge is 0.416 e. The Bertz CT molecular complexity index is 1630. The van der Waals surface area contributed by atoms with Crippen LogP contribution in [0.2, 0.25) is 0 Å². The van der Waals surface area contributed by atoms with Crippen LogP contribution in [0.4, 0.5) is 18.9 Å². The first-order chi connectivity index (χ1) is 21.0. The summed E-state index contributed by atoms with van der Waals surface area (Å²) in [6.07, 6.45) is -2.30. The fourth-order valence-corrected chi connectivity index (χ4v) is 5.26. The number of benzene rings is 2. The molecule has 0 atom stereocenters. The van der Waals surface area contributed by atoms with Gasteiger partial charge in [-0.25, -0.2) is 4.98 Å². The van der Waals surface area contributed by atoms with Crippen molar-refractivity contribution in [1.29, 1.82) is 0 Å². The molecule has 1 amide bonds. The largest absolute Gasteiger partial charge is 0.494 e. The van der Waals surface area contributed by atoms with Gasteiger partial charge < -0.3 is 29.0 Å². The highest BCUT2D eigenvalue weighted by atomic mass is 19.4. The highest BCUT2D eigenvalue weighted by Crippen LogP contribution is 2.39. The fraction of sp³-hybridized carbons (Fsp3) is 0.387. The number of nitrogens with zero attached hydrogens (tertiary/aromatic N) is 5. The van der Waals surface area contributed by atoms with Gasteiger partial charge >= 0.3 is 6.18 Å². The highest BCUT2D eigenvalue weighted by Gasteiger charge is 2.33. The predicted octanol–water partition coefficient (Wildman–Crippen LogP) is 4.98. The van der Waals surface area contributed by atoms with Crippen LogP contribution in [0.3, 0.4) is 0 Å². The number of halogens is 3. The Morgan fingerprint density at radius 2 is 1.91 bits per heavy atom. The number of aromatic nitrogens is 3. The molecule has 0 aliphatic carbocycles. The Morgan fingerprint density at radius 1 is 1.14 bits per heavy atom. The molecule has 44 heavy (non-hydrogen) atoms. The number of amides is 1. The summed E-state index contributed by atoms with van der Waals surface area (Å²) in [4.78, 5) is 26.5. The molecule has 4 aromatic rings. The second-order valence-electron chi connectivity index (χ2n) is 10.8. The Hall–Kier alpha value is -4.20. The molecule has 1 fully saturated rings. The molecule has 2 aromatic heterocycles. The summed E-state index contributed by atoms with van der Waals surface area (Å²) in [6, 6.07) is 10.6. The molecule has 0 saturated carbocycles. The number of morpholine rings is 1. The first-order valence-corrected chi connectivity index (χ1v) is 14.2. The van der Waals surface area contributed by atoms with Gasteiger partial charge in [-0.05, 0) is 38.4 Å². The molecular formula is C31H35F3N6O4. The summed E-state index contributed by atoms with van der Waals surface area (Å²) < 4.78 is 60.0. The summed E-state index contributed by atoms with van der Waals surface area (Å²) in [5, 5.41) is 3.36. The average Bonchev–Trinajstić information content (AvgIpc) is 3.33. The molecule has 13 heteroatoms. The van der Waals surface area contributed by atoms with Crippen LogP contribution in [-0.2, 0) is 30.9 Å². The molecule has 1 saturated heterocycles. The molecule has 3 heterocycles. The molecule has 0 bridgehead atoms. The van der Waals surface area contributed by atoms with Crippen LogP contribution < -0.4 is 14.8 Å². The third-order valence-electron chi connectivity index (χ3n) is 7.33. The molecule has 0 spiro atoms. The number of hydrogen-bond acceptors (Lipinski definition) is 8. The Balaban J connectivity index is 1.40. The number of para-hydroxylation sites is 1. The topological polar surface area (TPSA) is 94.0 Å². The number of hydrogen-bond donors (Lipinski definition) is 1. The van der Waals surface area contributed by atoms with Crippen LogP contribution in [0.1, 0.15) is 27.4 Å². The van der Waals surface area contributed by atoms with E-state index in [0.29, 0.717) is 40.3 Å². The predicted molar refractivity (Wildman–Crippen MR) is 159 cm³/mol. The molecule has 0 radical (unpaired) electrons. The van der Waals surface area contributed by atoms with Crippen molar-refractivity contribution in [3.05, 3.63) is 71.3 Å². The summed E-state index contributed by atoms with van der Waals surface area (Å²) in [6.45, 7) is 4.18. The van der Waals surface area contributed by atoms with Crippen molar-refractivity contribution in [2.24, 2.45) is 7.05 Å². The van der Waals surface area contributed by atoms with Crippen LogP contribution >= 0.6 is 0 Å². The van der Waals surface area contributed by atoms with Gasteiger partial charge in [-0.1, -0.05) is 12.1 Å². The lowest BCUT2D eigenvalue weighted by molar-refractivity contribution is -0.137. The van der Waals surface area contributed by atoms with Crippen molar-refractivity contribution in [2.45, 2.75) is 19.1 Å². The van der Waals surface area contributed by atoms with Crippen LogP contribution in [0, 0.1) is 0 Å². The maximum Gasteiger partial charge on any atom is 0.416 e. The zero-order valence-corrected chi connectivity index (χ0v) is 25.1. The van der Waals surface area contributed by atoms with Gasteiger partial charge in [-0.2, -0.15) is 18.2 Å². The van der Waals surface area contributed by atoms with E-state index in [1.807, 2.05) is 6.07 Å². The number of ether oxygens (including phenoxy) is 3. The van der Waals surface area contributed by atoms with Crippen molar-refractivity contribution in [3.63, 3.8) is 0 Å². The number of carbonyl (C=O) groups excluding carboxylic acids is 1. The monoisotopic (exact) mass is 612 g/mol. The zero-order chi connectivity index (χ0) is 31.4. The van der Waals surface area contributed by atoms with E-state index in [0.717, 1.165) is 45.0 Å². The minimum atomic E-state index is -4.61. The molecule has 1 aliphatic heterocycles. The van der Waals surface area contributed by atoms with Crippen molar-refractivity contribution >= 4 is 22.5 Å². The second-order valence-corrected chi connectivity index (χ2v) is 10.8. The number of nitrogens with one attached hydrogen (secondary N) is 1. The molecule has 1 aliphatic rings. The number of alkyl halides is 3. The Morgan fingerprint density at radius 3 is 2.61 bits per heavy atom. The number of fused-ring (bicyclic) bond motifs is 1. The summed E-state index contributed by atoms with van der Waals surface area (Å²) in [5.74, 6) is 1.04. The maximum atomic E-state index is 13.8. The lowest BCUT2D eigenvalue weighted by Gasteiger charge is -2.26. The molecule has 234 valence electrons. The van der Waals surface area contributed by atoms with Gasteiger partial charge in [0.05, 0.1) is 37.1 Å². The number of aryl methyl sites for hydroxylation is 1. The van der Waals surface area contributed by atoms with Gasteiger partial charge in [-0.15, -0.1) is 0 Å². The third-order valence-corrected chi connectivity index (χ3v) is 7.33. The summed E-state index contributed by atoms with van der Waals surface area (Å²) >= 11 is 0. The second kappa shape index (κ2) is 13.2.